The van der Waals surface area contributed by atoms with Crippen molar-refractivity contribution in [1.29, 1.82) is 0 Å². The molecule has 0 spiro atoms. The summed E-state index contributed by atoms with van der Waals surface area (Å²) in [6, 6.07) is 7.31. The quantitative estimate of drug-likeness (QED) is 0.782. The average Bonchev–Trinajstić information content (AvgIpc) is 2.54. The van der Waals surface area contributed by atoms with Gasteiger partial charge in [-0.1, -0.05) is 0 Å². The van der Waals surface area contributed by atoms with E-state index in [2.05, 4.69) is 13.8 Å². The molecule has 2 atom stereocenters. The van der Waals surface area contributed by atoms with Crippen LogP contribution in [-0.2, 0) is 4.74 Å². The lowest BCUT2D eigenvalue weighted by Gasteiger charge is -2.38. The van der Waals surface area contributed by atoms with Gasteiger partial charge in [0.2, 0.25) is 0 Å². The second kappa shape index (κ2) is 7.93. The van der Waals surface area contributed by atoms with E-state index in [1.165, 1.54) is 0 Å². The van der Waals surface area contributed by atoms with Crippen LogP contribution in [0.3, 0.4) is 0 Å². The molecule has 1 aliphatic heterocycles. The lowest BCUT2D eigenvalue weighted by atomic mass is 9.74. The molecule has 1 fully saturated rings. The molecular formula is C19H28O4. The fourth-order valence-electron chi connectivity index (χ4n) is 3.48. The fraction of sp³-hybridized carbons (Fsp3) is 0.632. The Kier molecular flexibility index (Phi) is 6.19. The minimum atomic E-state index is -0.180. The second-order valence-corrected chi connectivity index (χ2v) is 6.93. The number of carbonyl (C=O) groups excluding carboxylic acids is 1. The Hall–Kier alpha value is -1.39. The highest BCUT2D eigenvalue weighted by Gasteiger charge is 2.36. The first-order valence-electron chi connectivity index (χ1n) is 8.40. The maximum atomic E-state index is 13.0. The molecule has 1 saturated heterocycles. The number of rotatable bonds is 7. The molecule has 23 heavy (non-hydrogen) atoms. The van der Waals surface area contributed by atoms with Gasteiger partial charge in [0.05, 0.1) is 12.7 Å². The SMILES string of the molecule is COc1ccc(C(=O)[C@H](CCCO)[C@H]2CCOC(C)(C)C2)cc1. The summed E-state index contributed by atoms with van der Waals surface area (Å²) in [7, 11) is 1.62. The molecule has 0 bridgehead atoms. The minimum absolute atomic E-state index is 0.0567. The predicted octanol–water partition coefficient (Wildman–Crippen LogP) is 3.47. The van der Waals surface area contributed by atoms with E-state index in [4.69, 9.17) is 9.47 Å². The Labute approximate surface area is 138 Å². The lowest BCUT2D eigenvalue weighted by molar-refractivity contribution is -0.0803. The van der Waals surface area contributed by atoms with Crippen molar-refractivity contribution in [1.82, 2.24) is 0 Å². The highest BCUT2D eigenvalue weighted by atomic mass is 16.5. The van der Waals surface area contributed by atoms with Gasteiger partial charge < -0.3 is 14.6 Å². The van der Waals surface area contributed by atoms with Gasteiger partial charge in [-0.2, -0.15) is 0 Å². The lowest BCUT2D eigenvalue weighted by Crippen LogP contribution is -2.39. The molecule has 1 aliphatic rings. The molecule has 4 heteroatoms. The topological polar surface area (TPSA) is 55.8 Å². The molecule has 1 aromatic rings. The van der Waals surface area contributed by atoms with E-state index in [0.717, 1.165) is 30.6 Å². The number of Topliss-reactive ketones (excluding diaryl/α,β-unsaturated/α-hetero) is 1. The van der Waals surface area contributed by atoms with Gasteiger partial charge in [0, 0.05) is 24.7 Å². The summed E-state index contributed by atoms with van der Waals surface area (Å²) in [6.07, 6.45) is 3.17. The molecule has 0 amide bonds. The van der Waals surface area contributed by atoms with Gasteiger partial charge in [-0.15, -0.1) is 0 Å². The zero-order chi connectivity index (χ0) is 16.9. The number of ether oxygens (including phenoxy) is 2. The van der Waals surface area contributed by atoms with E-state index >= 15 is 0 Å². The molecule has 4 nitrogen and oxygen atoms in total. The van der Waals surface area contributed by atoms with Gasteiger partial charge in [0.1, 0.15) is 5.75 Å². The number of benzene rings is 1. The van der Waals surface area contributed by atoms with E-state index < -0.39 is 0 Å². The largest absolute Gasteiger partial charge is 0.497 e. The predicted molar refractivity (Wildman–Crippen MR) is 89.9 cm³/mol. The van der Waals surface area contributed by atoms with E-state index in [0.29, 0.717) is 18.9 Å². The number of carbonyl (C=O) groups is 1. The summed E-state index contributed by atoms with van der Waals surface area (Å²) in [6.45, 7) is 4.99. The molecule has 0 unspecified atom stereocenters. The van der Waals surface area contributed by atoms with Crippen LogP contribution >= 0.6 is 0 Å². The van der Waals surface area contributed by atoms with Crippen molar-refractivity contribution in [3.05, 3.63) is 29.8 Å². The summed E-state index contributed by atoms with van der Waals surface area (Å²) >= 11 is 0. The summed E-state index contributed by atoms with van der Waals surface area (Å²) in [5.41, 5.74) is 0.540. The zero-order valence-electron chi connectivity index (χ0n) is 14.4. The molecule has 1 heterocycles. The summed E-state index contributed by atoms with van der Waals surface area (Å²) in [5.74, 6) is 1.17. The normalized spacial score (nSPS) is 21.7. The molecule has 0 aliphatic carbocycles. The minimum Gasteiger partial charge on any atom is -0.497 e. The highest BCUT2D eigenvalue weighted by Crippen LogP contribution is 2.37. The second-order valence-electron chi connectivity index (χ2n) is 6.93. The van der Waals surface area contributed by atoms with Gasteiger partial charge in [0.25, 0.3) is 0 Å². The van der Waals surface area contributed by atoms with Gasteiger partial charge in [-0.3, -0.25) is 4.79 Å². The van der Waals surface area contributed by atoms with E-state index in [1.54, 1.807) is 7.11 Å². The Morgan fingerprint density at radius 1 is 1.39 bits per heavy atom. The number of hydrogen-bond donors (Lipinski definition) is 1. The number of methoxy groups -OCH3 is 1. The van der Waals surface area contributed by atoms with Crippen LogP contribution in [0.1, 0.15) is 49.9 Å². The third kappa shape index (κ3) is 4.79. The maximum absolute atomic E-state index is 13.0. The number of aliphatic hydroxyl groups is 1. The smallest absolute Gasteiger partial charge is 0.166 e. The van der Waals surface area contributed by atoms with Crippen molar-refractivity contribution in [3.8, 4) is 5.75 Å². The van der Waals surface area contributed by atoms with Gasteiger partial charge in [-0.05, 0) is 69.7 Å². The van der Waals surface area contributed by atoms with Gasteiger partial charge >= 0.3 is 0 Å². The molecule has 0 radical (unpaired) electrons. The van der Waals surface area contributed by atoms with Crippen LogP contribution in [0.2, 0.25) is 0 Å². The molecule has 2 rings (SSSR count). The summed E-state index contributed by atoms with van der Waals surface area (Å²) in [5, 5.41) is 9.18. The summed E-state index contributed by atoms with van der Waals surface area (Å²) in [4.78, 5) is 13.0. The number of hydrogen-bond acceptors (Lipinski definition) is 4. The Morgan fingerprint density at radius 3 is 2.65 bits per heavy atom. The van der Waals surface area contributed by atoms with Gasteiger partial charge in [0.15, 0.2) is 5.78 Å². The standard InChI is InChI=1S/C19H28O4/c1-19(2)13-15(10-12-23-19)17(5-4-11-20)18(21)14-6-8-16(22-3)9-7-14/h6-9,15,17,20H,4-5,10-13H2,1-3H3/t15-,17+/m0/s1. The fourth-order valence-corrected chi connectivity index (χ4v) is 3.48. The molecule has 1 aromatic carbocycles. The van der Waals surface area contributed by atoms with Crippen molar-refractivity contribution >= 4 is 5.78 Å². The number of ketones is 1. The van der Waals surface area contributed by atoms with Crippen LogP contribution < -0.4 is 4.74 Å². The molecule has 0 aromatic heterocycles. The van der Waals surface area contributed by atoms with Crippen molar-refractivity contribution in [2.24, 2.45) is 11.8 Å². The Balaban J connectivity index is 2.17. The first kappa shape index (κ1) is 18.0. The molecule has 128 valence electrons. The van der Waals surface area contributed by atoms with Crippen LogP contribution in [0.15, 0.2) is 24.3 Å². The van der Waals surface area contributed by atoms with Crippen molar-refractivity contribution in [2.75, 3.05) is 20.3 Å². The Bertz CT molecular complexity index is 507. The van der Waals surface area contributed by atoms with Gasteiger partial charge in [-0.25, -0.2) is 0 Å². The maximum Gasteiger partial charge on any atom is 0.166 e. The van der Waals surface area contributed by atoms with Crippen molar-refractivity contribution in [2.45, 2.75) is 45.1 Å². The molecular weight excluding hydrogens is 292 g/mol. The Morgan fingerprint density at radius 2 is 2.09 bits per heavy atom. The highest BCUT2D eigenvalue weighted by molar-refractivity contribution is 5.98. The zero-order valence-corrected chi connectivity index (χ0v) is 14.4. The van der Waals surface area contributed by atoms with E-state index in [1.807, 2.05) is 24.3 Å². The van der Waals surface area contributed by atoms with Crippen LogP contribution in [0, 0.1) is 11.8 Å². The average molecular weight is 320 g/mol. The van der Waals surface area contributed by atoms with Crippen molar-refractivity contribution in [3.63, 3.8) is 0 Å². The monoisotopic (exact) mass is 320 g/mol. The third-order valence-corrected chi connectivity index (χ3v) is 4.69. The molecule has 1 N–H and O–H groups in total. The third-order valence-electron chi connectivity index (χ3n) is 4.69. The van der Waals surface area contributed by atoms with Crippen LogP contribution in [0.25, 0.3) is 0 Å². The summed E-state index contributed by atoms with van der Waals surface area (Å²) < 4.78 is 10.9. The van der Waals surface area contributed by atoms with E-state index in [9.17, 15) is 9.90 Å². The van der Waals surface area contributed by atoms with Crippen LogP contribution in [-0.4, -0.2) is 36.8 Å². The molecule has 0 saturated carbocycles. The van der Waals surface area contributed by atoms with Crippen molar-refractivity contribution < 1.29 is 19.4 Å². The van der Waals surface area contributed by atoms with Crippen LogP contribution in [0.4, 0.5) is 0 Å². The van der Waals surface area contributed by atoms with Crippen LogP contribution in [0.5, 0.6) is 5.75 Å². The first-order chi connectivity index (χ1) is 11.0. The van der Waals surface area contributed by atoms with E-state index in [-0.39, 0.29) is 23.9 Å². The first-order valence-corrected chi connectivity index (χ1v) is 8.40. The number of aliphatic hydroxyl groups excluding tert-OH is 1.